The Morgan fingerprint density at radius 1 is 0.700 bits per heavy atom. The van der Waals surface area contributed by atoms with Gasteiger partial charge >= 0.3 is 0 Å². The van der Waals surface area contributed by atoms with E-state index in [9.17, 15) is 0 Å². The fraction of sp³-hybridized carbons (Fsp3) is 0.111. The maximum Gasteiger partial charge on any atom is -0.0258 e. The second kappa shape index (κ2) is 4.14. The minimum absolute atomic E-state index is 0.0159. The molecule has 0 atom stereocenters. The van der Waals surface area contributed by atoms with Gasteiger partial charge in [0.25, 0.3) is 0 Å². The van der Waals surface area contributed by atoms with E-state index in [1.54, 1.807) is 0 Å². The molecule has 0 aliphatic carbocycles. The average molecular weight is 150 g/mol. The molecule has 1 heterocycles. The summed E-state index contributed by atoms with van der Waals surface area (Å²) in [5.41, 5.74) is 0. The molecule has 0 aliphatic rings. The van der Waals surface area contributed by atoms with Crippen LogP contribution in [0.15, 0.2) is 48.0 Å². The van der Waals surface area contributed by atoms with Crippen molar-refractivity contribution in [3.63, 3.8) is 0 Å². The van der Waals surface area contributed by atoms with Crippen LogP contribution in [0, 0.1) is 0 Å². The number of aryl methyl sites for hydroxylation is 1. The highest BCUT2D eigenvalue weighted by atomic mass is 31.1. The van der Waals surface area contributed by atoms with E-state index in [1.807, 2.05) is 12.1 Å². The molecule has 0 amide bonds. The largest absolute Gasteiger partial charge is 0.128 e. The zero-order chi connectivity index (χ0) is 7.23. The highest BCUT2D eigenvalue weighted by Crippen LogP contribution is 2.16. The Morgan fingerprint density at radius 2 is 1.10 bits per heavy atom. The summed E-state index contributed by atoms with van der Waals surface area (Å²) in [4.78, 5) is 0. The Morgan fingerprint density at radius 3 is 1.60 bits per heavy atom. The highest BCUT2D eigenvalue weighted by Gasteiger charge is 1.68. The predicted octanol–water partition coefficient (Wildman–Crippen LogP) is 3.33. The fourth-order valence-electron chi connectivity index (χ4n) is 0.677. The van der Waals surface area contributed by atoms with Gasteiger partial charge in [0.1, 0.15) is 0 Å². The molecular formula is C9H11P. The Balaban J connectivity index is 3.13. The molecule has 0 N–H and O–H groups in total. The summed E-state index contributed by atoms with van der Waals surface area (Å²) in [6.07, 6.45) is 0. The van der Waals surface area contributed by atoms with Crippen LogP contribution in [0.1, 0.15) is 0 Å². The normalized spacial score (nSPS) is 8.50. The van der Waals surface area contributed by atoms with E-state index in [0.29, 0.717) is 0 Å². The predicted molar refractivity (Wildman–Crippen MR) is 47.8 cm³/mol. The molecule has 52 valence electrons. The van der Waals surface area contributed by atoms with E-state index in [4.69, 9.17) is 0 Å². The van der Waals surface area contributed by atoms with Crippen molar-refractivity contribution in [2.45, 2.75) is 0 Å². The van der Waals surface area contributed by atoms with Crippen molar-refractivity contribution in [2.75, 3.05) is 0 Å². The van der Waals surface area contributed by atoms with Crippen molar-refractivity contribution >= 4 is 7.53 Å². The van der Waals surface area contributed by atoms with E-state index in [2.05, 4.69) is 42.5 Å². The molecule has 1 aromatic heterocycles. The van der Waals surface area contributed by atoms with Crippen LogP contribution in [0.3, 0.4) is 0 Å². The van der Waals surface area contributed by atoms with E-state index >= 15 is 0 Å². The second-order valence-corrected chi connectivity index (χ2v) is 4.05. The maximum absolute atomic E-state index is 2.23. The van der Waals surface area contributed by atoms with Gasteiger partial charge in [0, 0.05) is 0 Å². The third-order valence-corrected chi connectivity index (χ3v) is 2.48. The third kappa shape index (κ3) is 2.70. The quantitative estimate of drug-likeness (QED) is 0.532. The first kappa shape index (κ1) is 7.37. The lowest BCUT2D eigenvalue weighted by Gasteiger charge is -1.79. The summed E-state index contributed by atoms with van der Waals surface area (Å²) < 4.78 is 0. The summed E-state index contributed by atoms with van der Waals surface area (Å²) in [5, 5.41) is 0. The molecule has 1 rings (SSSR count). The van der Waals surface area contributed by atoms with Crippen molar-refractivity contribution in [1.82, 2.24) is 0 Å². The van der Waals surface area contributed by atoms with Crippen LogP contribution < -0.4 is 0 Å². The standard InChI is InChI=1S/C9H11P/c1-10-8-6-4-2-3-5-7-9-10/h2-9H,1H3. The van der Waals surface area contributed by atoms with E-state index in [1.165, 1.54) is 0 Å². The van der Waals surface area contributed by atoms with Gasteiger partial charge in [-0.25, -0.2) is 0 Å². The van der Waals surface area contributed by atoms with Gasteiger partial charge in [-0.3, -0.25) is 0 Å². The first-order valence-corrected chi connectivity index (χ1v) is 5.22. The number of hydrogen-bond donors (Lipinski definition) is 0. The van der Waals surface area contributed by atoms with Gasteiger partial charge in [0.05, 0.1) is 0 Å². The van der Waals surface area contributed by atoms with Crippen LogP contribution >= 0.6 is 7.53 Å². The maximum atomic E-state index is 2.23. The van der Waals surface area contributed by atoms with Gasteiger partial charge in [-0.15, -0.1) is 7.53 Å². The van der Waals surface area contributed by atoms with Crippen LogP contribution in [0.4, 0.5) is 0 Å². The molecule has 0 aliphatic heterocycles. The van der Waals surface area contributed by atoms with Gasteiger partial charge in [-0.2, -0.15) is 0 Å². The molecule has 0 bridgehead atoms. The molecule has 0 spiro atoms. The molecule has 0 aromatic carbocycles. The fourth-order valence-corrected chi connectivity index (χ4v) is 1.52. The summed E-state index contributed by atoms with van der Waals surface area (Å²) in [5.74, 6) is 4.46. The van der Waals surface area contributed by atoms with E-state index < -0.39 is 0 Å². The lowest BCUT2D eigenvalue weighted by Crippen LogP contribution is -1.40. The lowest BCUT2D eigenvalue weighted by atomic mass is 10.5. The van der Waals surface area contributed by atoms with Crippen molar-refractivity contribution < 1.29 is 0 Å². The molecule has 0 saturated carbocycles. The molecule has 0 unspecified atom stereocenters. The number of rotatable bonds is 0. The zero-order valence-corrected chi connectivity index (χ0v) is 6.96. The minimum Gasteiger partial charge on any atom is -0.128 e. The first-order chi connectivity index (χ1) is 4.89. The van der Waals surface area contributed by atoms with Gasteiger partial charge in [0.15, 0.2) is 0 Å². The molecule has 0 radical (unpaired) electrons. The molecule has 0 saturated heterocycles. The van der Waals surface area contributed by atoms with Crippen LogP contribution in [-0.2, 0) is 6.66 Å². The molecule has 0 nitrogen and oxygen atoms in total. The van der Waals surface area contributed by atoms with Crippen molar-refractivity contribution in [2.24, 2.45) is 6.66 Å². The molecular weight excluding hydrogens is 139 g/mol. The van der Waals surface area contributed by atoms with Crippen LogP contribution in [0.25, 0.3) is 0 Å². The lowest BCUT2D eigenvalue weighted by molar-refractivity contribution is 1.82. The first-order valence-electron chi connectivity index (χ1n) is 3.30. The number of hydrogen-bond acceptors (Lipinski definition) is 0. The highest BCUT2D eigenvalue weighted by molar-refractivity contribution is 7.46. The van der Waals surface area contributed by atoms with Gasteiger partial charge in [-0.1, -0.05) is 36.4 Å². The summed E-state index contributed by atoms with van der Waals surface area (Å²) in [7, 11) is -0.0159. The topological polar surface area (TPSA) is 0 Å². The van der Waals surface area contributed by atoms with Crippen molar-refractivity contribution in [3.05, 3.63) is 48.0 Å². The summed E-state index contributed by atoms with van der Waals surface area (Å²) in [6, 6.07) is 12.4. The minimum atomic E-state index is -0.0159. The van der Waals surface area contributed by atoms with Gasteiger partial charge in [0.2, 0.25) is 0 Å². The summed E-state index contributed by atoms with van der Waals surface area (Å²) >= 11 is 0. The second-order valence-electron chi connectivity index (χ2n) is 2.12. The Bertz CT molecular complexity index is 212. The average Bonchev–Trinajstić information content (AvgIpc) is 2.02. The van der Waals surface area contributed by atoms with Crippen molar-refractivity contribution in [1.29, 1.82) is 0 Å². The monoisotopic (exact) mass is 150 g/mol. The third-order valence-electron chi connectivity index (χ3n) is 1.20. The van der Waals surface area contributed by atoms with Gasteiger partial charge in [-0.05, 0) is 18.3 Å². The van der Waals surface area contributed by atoms with Crippen LogP contribution in [0.5, 0.6) is 0 Å². The smallest absolute Gasteiger partial charge is 0.0258 e. The molecule has 10 heavy (non-hydrogen) atoms. The molecule has 0 fully saturated rings. The van der Waals surface area contributed by atoms with E-state index in [0.717, 1.165) is 0 Å². The van der Waals surface area contributed by atoms with Crippen LogP contribution in [-0.4, -0.2) is 0 Å². The van der Waals surface area contributed by atoms with Gasteiger partial charge < -0.3 is 0 Å². The van der Waals surface area contributed by atoms with Crippen LogP contribution in [0.2, 0.25) is 0 Å². The zero-order valence-electron chi connectivity index (χ0n) is 6.07. The van der Waals surface area contributed by atoms with E-state index in [-0.39, 0.29) is 7.53 Å². The Hall–Kier alpha value is -0.740. The molecule has 1 heteroatoms. The SMILES string of the molecule is Cp1cccccccc1. The summed E-state index contributed by atoms with van der Waals surface area (Å²) in [6.45, 7) is 2.23. The molecule has 1 aromatic rings. The Kier molecular flexibility index (Phi) is 3.05. The Labute approximate surface area is 62.9 Å². The van der Waals surface area contributed by atoms with Crippen molar-refractivity contribution in [3.8, 4) is 0 Å².